The zero-order valence-electron chi connectivity index (χ0n) is 14.3. The second kappa shape index (κ2) is 6.35. The number of hydroxylamine groups is 2. The first-order valence-corrected chi connectivity index (χ1v) is 10.0. The molecule has 2 bridgehead atoms. The molecule has 0 unspecified atom stereocenters. The van der Waals surface area contributed by atoms with Gasteiger partial charge in [0.1, 0.15) is 6.04 Å². The Morgan fingerprint density at radius 2 is 1.92 bits per heavy atom. The molecule has 4 heterocycles. The van der Waals surface area contributed by atoms with Gasteiger partial charge < -0.3 is 14.2 Å². The van der Waals surface area contributed by atoms with Crippen LogP contribution in [0.25, 0.3) is 0 Å². The third-order valence-electron chi connectivity index (χ3n) is 5.27. The number of carbonyl (C=O) groups excluding carboxylic acids is 1. The van der Waals surface area contributed by atoms with Crippen molar-refractivity contribution in [3.8, 4) is 0 Å². The van der Waals surface area contributed by atoms with Crippen molar-refractivity contribution in [1.82, 2.24) is 20.2 Å². The first-order valence-electron chi connectivity index (χ1n) is 8.67. The average molecular weight is 387 g/mol. The molecule has 1 aromatic rings. The molecular formula is C14H21N5O6S. The van der Waals surface area contributed by atoms with Gasteiger partial charge in [-0.2, -0.15) is 13.5 Å². The third-order valence-corrected chi connectivity index (χ3v) is 5.62. The highest BCUT2D eigenvalue weighted by Gasteiger charge is 2.49. The average Bonchev–Trinajstić information content (AvgIpc) is 3.15. The second-order valence-corrected chi connectivity index (χ2v) is 8.11. The Morgan fingerprint density at radius 3 is 2.62 bits per heavy atom. The number of hydrogen-bond donors (Lipinski definition) is 1. The molecule has 0 saturated carbocycles. The van der Waals surface area contributed by atoms with Crippen molar-refractivity contribution in [3.63, 3.8) is 0 Å². The van der Waals surface area contributed by atoms with Crippen LogP contribution in [0.5, 0.6) is 0 Å². The third kappa shape index (κ3) is 3.23. The van der Waals surface area contributed by atoms with Crippen LogP contribution >= 0.6 is 0 Å². The molecule has 3 aliphatic rings. The Labute approximate surface area is 150 Å². The van der Waals surface area contributed by atoms with Gasteiger partial charge in [0.25, 0.3) is 0 Å². The summed E-state index contributed by atoms with van der Waals surface area (Å²) < 4.78 is 41.0. The van der Waals surface area contributed by atoms with Crippen LogP contribution in [0.2, 0.25) is 0 Å². The molecule has 0 spiro atoms. The Balaban J connectivity index is 1.49. The maximum atomic E-state index is 12.4. The molecular weight excluding hydrogens is 366 g/mol. The minimum atomic E-state index is -4.76. The maximum Gasteiger partial charge on any atom is 0.418 e. The Morgan fingerprint density at radius 1 is 1.19 bits per heavy atom. The van der Waals surface area contributed by atoms with Gasteiger partial charge in [-0.15, -0.1) is 9.38 Å². The van der Waals surface area contributed by atoms with E-state index in [2.05, 4.69) is 21.4 Å². The van der Waals surface area contributed by atoms with Crippen molar-refractivity contribution in [2.75, 3.05) is 24.5 Å². The summed E-state index contributed by atoms with van der Waals surface area (Å²) in [6, 6.07) is -1.06. The summed E-state index contributed by atoms with van der Waals surface area (Å²) in [5.74, 6) is 1.01. The van der Waals surface area contributed by atoms with E-state index < -0.39 is 28.5 Å². The molecule has 12 heteroatoms. The van der Waals surface area contributed by atoms with Crippen molar-refractivity contribution in [1.29, 1.82) is 0 Å². The van der Waals surface area contributed by atoms with E-state index in [0.29, 0.717) is 35.7 Å². The fourth-order valence-electron chi connectivity index (χ4n) is 3.78. The van der Waals surface area contributed by atoms with Crippen molar-refractivity contribution < 1.29 is 26.5 Å². The lowest BCUT2D eigenvalue weighted by molar-refractivity contribution is -0.0317. The summed E-state index contributed by atoms with van der Waals surface area (Å²) in [6.45, 7) is 4.20. The van der Waals surface area contributed by atoms with Gasteiger partial charge >= 0.3 is 22.4 Å². The maximum absolute atomic E-state index is 12.4. The van der Waals surface area contributed by atoms with E-state index in [4.69, 9.17) is 8.97 Å². The summed E-state index contributed by atoms with van der Waals surface area (Å²) in [5.41, 5.74) is 0. The lowest BCUT2D eigenvalue weighted by Gasteiger charge is -2.29. The molecule has 3 fully saturated rings. The molecule has 1 aromatic heterocycles. The van der Waals surface area contributed by atoms with Gasteiger partial charge in [0, 0.05) is 19.6 Å². The van der Waals surface area contributed by atoms with Crippen molar-refractivity contribution in [3.05, 3.63) is 5.89 Å². The predicted molar refractivity (Wildman–Crippen MR) is 87.2 cm³/mol. The first-order chi connectivity index (χ1) is 12.3. The molecule has 3 aliphatic heterocycles. The van der Waals surface area contributed by atoms with E-state index in [9.17, 15) is 13.2 Å². The fraction of sp³-hybridized carbons (Fsp3) is 0.786. The van der Waals surface area contributed by atoms with Crippen molar-refractivity contribution in [2.24, 2.45) is 5.92 Å². The van der Waals surface area contributed by atoms with Crippen LogP contribution in [0.4, 0.5) is 10.8 Å². The minimum absolute atomic E-state index is 0.276. The predicted octanol–water partition coefficient (Wildman–Crippen LogP) is 0.981. The molecule has 11 nitrogen and oxygen atoms in total. The van der Waals surface area contributed by atoms with Crippen LogP contribution in [0.3, 0.4) is 0 Å². The lowest BCUT2D eigenvalue weighted by atomic mass is 10.00. The highest BCUT2D eigenvalue weighted by Crippen LogP contribution is 2.39. The summed E-state index contributed by atoms with van der Waals surface area (Å²) in [5, 5.41) is 8.93. The molecule has 26 heavy (non-hydrogen) atoms. The second-order valence-electron chi connectivity index (χ2n) is 7.10. The molecule has 0 radical (unpaired) electrons. The van der Waals surface area contributed by atoms with E-state index in [1.54, 1.807) is 0 Å². The number of aromatic nitrogens is 2. The minimum Gasteiger partial charge on any atom is -0.406 e. The van der Waals surface area contributed by atoms with Crippen molar-refractivity contribution in [2.45, 2.75) is 44.7 Å². The number of piperidine rings is 2. The van der Waals surface area contributed by atoms with Gasteiger partial charge in [-0.25, -0.2) is 4.79 Å². The number of urea groups is 1. The number of anilines is 1. The van der Waals surface area contributed by atoms with Crippen LogP contribution in [0, 0.1) is 5.92 Å². The monoisotopic (exact) mass is 387 g/mol. The van der Waals surface area contributed by atoms with Crippen LogP contribution < -0.4 is 4.90 Å². The van der Waals surface area contributed by atoms with Gasteiger partial charge in [-0.3, -0.25) is 4.55 Å². The van der Waals surface area contributed by atoms with Gasteiger partial charge in [0.05, 0.1) is 6.04 Å². The van der Waals surface area contributed by atoms with Gasteiger partial charge in [-0.05, 0) is 31.6 Å². The highest BCUT2D eigenvalue weighted by atomic mass is 32.3. The number of hydrogen-bond acceptors (Lipinski definition) is 8. The zero-order valence-corrected chi connectivity index (χ0v) is 15.1. The van der Waals surface area contributed by atoms with Crippen molar-refractivity contribution >= 4 is 22.4 Å². The quantitative estimate of drug-likeness (QED) is 0.751. The van der Waals surface area contributed by atoms with Crippen LogP contribution in [0.1, 0.15) is 44.5 Å². The number of amides is 2. The molecule has 0 aromatic carbocycles. The van der Waals surface area contributed by atoms with E-state index in [1.807, 2.05) is 4.90 Å². The molecule has 144 valence electrons. The summed E-state index contributed by atoms with van der Waals surface area (Å²) in [7, 11) is -4.76. The topological polar surface area (TPSA) is 129 Å². The van der Waals surface area contributed by atoms with Crippen LogP contribution in [-0.2, 0) is 14.7 Å². The highest BCUT2D eigenvalue weighted by molar-refractivity contribution is 7.80. The van der Waals surface area contributed by atoms with E-state index >= 15 is 0 Å². The number of nitrogens with zero attached hydrogens (tertiary/aromatic N) is 5. The molecule has 4 rings (SSSR count). The van der Waals surface area contributed by atoms with Crippen LogP contribution in [-0.4, -0.2) is 64.8 Å². The fourth-order valence-corrected chi connectivity index (χ4v) is 4.17. The standard InChI is InChI=1S/C14H21N5O6S/c1-9-4-6-17(7-5-9)13-16-15-12(24-13)11-3-2-10-8-18(11)14(20)19(10)25-26(21,22)23/h9-11H,2-8H2,1H3,(H,21,22,23)/t10-,11+/m1/s1. The van der Waals surface area contributed by atoms with Gasteiger partial charge in [-0.1, -0.05) is 12.0 Å². The number of carbonyl (C=O) groups is 1. The number of rotatable bonds is 4. The lowest BCUT2D eigenvalue weighted by Crippen LogP contribution is -2.35. The molecule has 2 atom stereocenters. The normalized spacial score (nSPS) is 27.5. The molecule has 2 amide bonds. The molecule has 0 aliphatic carbocycles. The van der Waals surface area contributed by atoms with E-state index in [-0.39, 0.29) is 6.54 Å². The largest absolute Gasteiger partial charge is 0.418 e. The zero-order chi connectivity index (χ0) is 18.5. The van der Waals surface area contributed by atoms with Crippen LogP contribution in [0.15, 0.2) is 4.42 Å². The Kier molecular flexibility index (Phi) is 4.28. The smallest absolute Gasteiger partial charge is 0.406 e. The molecule has 3 saturated heterocycles. The van der Waals surface area contributed by atoms with E-state index in [1.165, 1.54) is 4.90 Å². The van der Waals surface area contributed by atoms with Gasteiger partial charge in [0.15, 0.2) is 0 Å². The molecule has 1 N–H and O–H groups in total. The summed E-state index contributed by atoms with van der Waals surface area (Å²) >= 11 is 0. The van der Waals surface area contributed by atoms with E-state index in [0.717, 1.165) is 25.9 Å². The SMILES string of the molecule is CC1CCN(c2nnc([C@@H]3CC[C@@H]4CN3C(=O)N4OS(=O)(=O)O)o2)CC1. The summed E-state index contributed by atoms with van der Waals surface area (Å²) in [6.07, 6.45) is 3.17. The first kappa shape index (κ1) is 17.5. The Bertz CT molecular complexity index is 790. The Hall–Kier alpha value is -1.92. The number of fused-ring (bicyclic) bond motifs is 2. The van der Waals surface area contributed by atoms with Gasteiger partial charge in [0.2, 0.25) is 5.89 Å². The summed E-state index contributed by atoms with van der Waals surface area (Å²) in [4.78, 5) is 15.9.